The number of hydrogen-bond donors (Lipinski definition) is 2. The van der Waals surface area contributed by atoms with Gasteiger partial charge in [-0.3, -0.25) is 0 Å². The summed E-state index contributed by atoms with van der Waals surface area (Å²) < 4.78 is 0. The molecule has 1 aromatic carbocycles. The second-order valence-corrected chi connectivity index (χ2v) is 5.64. The summed E-state index contributed by atoms with van der Waals surface area (Å²) in [6, 6.07) is 9.29. The molecule has 0 aliphatic heterocycles. The van der Waals surface area contributed by atoms with Gasteiger partial charge >= 0.3 is 6.03 Å². The third-order valence-electron chi connectivity index (χ3n) is 2.68. The molecule has 100 valence electrons. The average molecular weight is 295 g/mol. The van der Waals surface area contributed by atoms with Crippen molar-refractivity contribution < 1.29 is 4.79 Å². The molecule has 0 aliphatic carbocycles. The van der Waals surface area contributed by atoms with E-state index in [1.807, 2.05) is 24.4 Å². The fourth-order valence-corrected chi connectivity index (χ4v) is 2.53. The molecule has 0 spiro atoms. The number of hydrogen-bond acceptors (Lipinski definition) is 2. The van der Waals surface area contributed by atoms with Crippen LogP contribution in [0.15, 0.2) is 35.7 Å². The molecule has 1 aromatic heterocycles. The molecule has 2 amide bonds. The van der Waals surface area contributed by atoms with Gasteiger partial charge in [0, 0.05) is 22.1 Å². The van der Waals surface area contributed by atoms with Crippen molar-refractivity contribution in [2.75, 3.05) is 11.9 Å². The Bertz CT molecular complexity index is 555. The minimum absolute atomic E-state index is 0.207. The van der Waals surface area contributed by atoms with E-state index in [4.69, 9.17) is 11.6 Å². The number of carbonyl (C=O) groups excluding carboxylic acids is 1. The predicted octanol–water partition coefficient (Wildman–Crippen LogP) is 4.07. The van der Waals surface area contributed by atoms with E-state index < -0.39 is 0 Å². The maximum atomic E-state index is 11.7. The lowest BCUT2D eigenvalue weighted by molar-refractivity contribution is 0.252. The second-order valence-electron chi connectivity index (χ2n) is 4.17. The molecule has 0 saturated heterocycles. The summed E-state index contributed by atoms with van der Waals surface area (Å²) in [5, 5.41) is 8.27. The number of thiophene rings is 1. The Morgan fingerprint density at radius 2 is 2.21 bits per heavy atom. The van der Waals surface area contributed by atoms with E-state index in [1.54, 1.807) is 23.5 Å². The summed E-state index contributed by atoms with van der Waals surface area (Å²) in [6.07, 6.45) is 0.847. The highest BCUT2D eigenvalue weighted by Crippen LogP contribution is 2.19. The number of aryl methyl sites for hydroxylation is 1. The lowest BCUT2D eigenvalue weighted by atomic mass is 10.2. The molecule has 1 heterocycles. The Balaban J connectivity index is 1.82. The Hall–Kier alpha value is -1.52. The highest BCUT2D eigenvalue weighted by Gasteiger charge is 2.04. The number of halogens is 1. The van der Waals surface area contributed by atoms with Gasteiger partial charge in [0.25, 0.3) is 0 Å². The van der Waals surface area contributed by atoms with Gasteiger partial charge in [-0.1, -0.05) is 23.7 Å². The summed E-state index contributed by atoms with van der Waals surface area (Å²) in [6.45, 7) is 2.55. The van der Waals surface area contributed by atoms with Gasteiger partial charge in [-0.25, -0.2) is 4.79 Å². The lowest BCUT2D eigenvalue weighted by Crippen LogP contribution is -2.30. The highest BCUT2D eigenvalue weighted by molar-refractivity contribution is 7.09. The van der Waals surface area contributed by atoms with Crippen molar-refractivity contribution in [1.29, 1.82) is 0 Å². The van der Waals surface area contributed by atoms with E-state index >= 15 is 0 Å². The third-order valence-corrected chi connectivity index (χ3v) is 3.86. The molecule has 19 heavy (non-hydrogen) atoms. The van der Waals surface area contributed by atoms with E-state index in [0.717, 1.165) is 17.7 Å². The van der Waals surface area contributed by atoms with E-state index in [0.29, 0.717) is 11.6 Å². The smallest absolute Gasteiger partial charge is 0.319 e. The zero-order valence-electron chi connectivity index (χ0n) is 10.6. The number of carbonyl (C=O) groups is 1. The quantitative estimate of drug-likeness (QED) is 0.877. The Labute approximate surface area is 121 Å². The Kier molecular flexibility index (Phi) is 4.82. The molecule has 0 radical (unpaired) electrons. The number of rotatable bonds is 4. The molecular weight excluding hydrogens is 280 g/mol. The number of urea groups is 1. The predicted molar refractivity (Wildman–Crippen MR) is 81.2 cm³/mol. The van der Waals surface area contributed by atoms with Crippen molar-refractivity contribution >= 4 is 34.7 Å². The van der Waals surface area contributed by atoms with Crippen LogP contribution in [0.5, 0.6) is 0 Å². The van der Waals surface area contributed by atoms with Gasteiger partial charge in [0.05, 0.1) is 0 Å². The molecule has 0 aliphatic rings. The largest absolute Gasteiger partial charge is 0.338 e. The first-order valence-electron chi connectivity index (χ1n) is 5.98. The van der Waals surface area contributed by atoms with E-state index in [2.05, 4.69) is 16.7 Å². The molecule has 0 atom stereocenters. The highest BCUT2D eigenvalue weighted by atomic mass is 35.5. The maximum absolute atomic E-state index is 11.7. The molecular formula is C14H15ClN2OS. The van der Waals surface area contributed by atoms with Gasteiger partial charge in [0.2, 0.25) is 0 Å². The van der Waals surface area contributed by atoms with Crippen LogP contribution in [0, 0.1) is 6.92 Å². The molecule has 2 aromatic rings. The first-order chi connectivity index (χ1) is 9.15. The summed E-state index contributed by atoms with van der Waals surface area (Å²) in [5.74, 6) is 0. The van der Waals surface area contributed by atoms with Crippen LogP contribution in [0.4, 0.5) is 10.5 Å². The minimum atomic E-state index is -0.207. The fraction of sp³-hybridized carbons (Fsp3) is 0.214. The molecule has 3 nitrogen and oxygen atoms in total. The monoisotopic (exact) mass is 294 g/mol. The summed E-state index contributed by atoms with van der Waals surface area (Å²) in [4.78, 5) is 13.0. The maximum Gasteiger partial charge on any atom is 0.319 e. The van der Waals surface area contributed by atoms with Crippen molar-refractivity contribution in [2.24, 2.45) is 0 Å². The first-order valence-corrected chi connectivity index (χ1v) is 7.24. The normalized spacial score (nSPS) is 10.2. The van der Waals surface area contributed by atoms with Gasteiger partial charge in [-0.15, -0.1) is 11.3 Å². The van der Waals surface area contributed by atoms with Gasteiger partial charge in [0.1, 0.15) is 0 Å². The van der Waals surface area contributed by atoms with E-state index in [9.17, 15) is 4.79 Å². The molecule has 0 unspecified atom stereocenters. The summed E-state index contributed by atoms with van der Waals surface area (Å²) in [7, 11) is 0. The van der Waals surface area contributed by atoms with Crippen molar-refractivity contribution in [3.05, 3.63) is 51.2 Å². The third kappa shape index (κ3) is 4.26. The van der Waals surface area contributed by atoms with Crippen LogP contribution in [0.25, 0.3) is 0 Å². The molecule has 2 N–H and O–H groups in total. The topological polar surface area (TPSA) is 41.1 Å². The molecule has 2 rings (SSSR count). The molecule has 0 bridgehead atoms. The van der Waals surface area contributed by atoms with Crippen molar-refractivity contribution in [3.63, 3.8) is 0 Å². The van der Waals surface area contributed by atoms with Crippen LogP contribution in [0.2, 0.25) is 5.02 Å². The van der Waals surface area contributed by atoms with Gasteiger partial charge in [0.15, 0.2) is 0 Å². The van der Waals surface area contributed by atoms with Crippen LogP contribution >= 0.6 is 22.9 Å². The standard InChI is InChI=1S/C14H15ClN2OS/c1-10-4-5-11(15)9-13(10)17-14(18)16-7-6-12-3-2-8-19-12/h2-5,8-9H,6-7H2,1H3,(H2,16,17,18). The van der Waals surface area contributed by atoms with E-state index in [-0.39, 0.29) is 6.03 Å². The fourth-order valence-electron chi connectivity index (χ4n) is 1.65. The minimum Gasteiger partial charge on any atom is -0.338 e. The van der Waals surface area contributed by atoms with Crippen molar-refractivity contribution in [1.82, 2.24) is 5.32 Å². The van der Waals surface area contributed by atoms with Crippen LogP contribution in [-0.2, 0) is 6.42 Å². The van der Waals surface area contributed by atoms with Crippen LogP contribution < -0.4 is 10.6 Å². The van der Waals surface area contributed by atoms with Crippen LogP contribution in [-0.4, -0.2) is 12.6 Å². The number of benzene rings is 1. The molecule has 0 fully saturated rings. The first kappa shape index (κ1) is 13.9. The zero-order chi connectivity index (χ0) is 13.7. The molecule has 5 heteroatoms. The van der Waals surface area contributed by atoms with E-state index in [1.165, 1.54) is 4.88 Å². The number of amides is 2. The Morgan fingerprint density at radius 1 is 1.37 bits per heavy atom. The summed E-state index contributed by atoms with van der Waals surface area (Å²) >= 11 is 7.60. The second kappa shape index (κ2) is 6.59. The van der Waals surface area contributed by atoms with Crippen LogP contribution in [0.3, 0.4) is 0 Å². The van der Waals surface area contributed by atoms with Crippen molar-refractivity contribution in [3.8, 4) is 0 Å². The van der Waals surface area contributed by atoms with Gasteiger partial charge in [-0.05, 0) is 42.5 Å². The molecule has 0 saturated carbocycles. The number of nitrogens with one attached hydrogen (secondary N) is 2. The number of anilines is 1. The average Bonchev–Trinajstić information content (AvgIpc) is 2.87. The van der Waals surface area contributed by atoms with Gasteiger partial charge in [-0.2, -0.15) is 0 Å². The zero-order valence-corrected chi connectivity index (χ0v) is 12.1. The van der Waals surface area contributed by atoms with Crippen molar-refractivity contribution in [2.45, 2.75) is 13.3 Å². The van der Waals surface area contributed by atoms with Crippen LogP contribution in [0.1, 0.15) is 10.4 Å². The Morgan fingerprint density at radius 3 is 2.95 bits per heavy atom. The van der Waals surface area contributed by atoms with Gasteiger partial charge < -0.3 is 10.6 Å². The SMILES string of the molecule is Cc1ccc(Cl)cc1NC(=O)NCCc1cccs1. The lowest BCUT2D eigenvalue weighted by Gasteiger charge is -2.09. The summed E-state index contributed by atoms with van der Waals surface area (Å²) in [5.41, 5.74) is 1.72.